The Morgan fingerprint density at radius 3 is 2.55 bits per heavy atom. The number of nitrogens with zero attached hydrogens (tertiary/aromatic N) is 3. The van der Waals surface area contributed by atoms with Gasteiger partial charge in [0.25, 0.3) is 0 Å². The zero-order chi connectivity index (χ0) is 23.3. The standard InChI is InChI=1S/C23H20ClF3N4O2/c24-16-6-4-13(5-7-16)21-29-30(22(33)31(21)17-8-9-17)12-20(32)28-19-11-18(19)14-2-1-3-15(10-14)23(25,26)27/h1-7,10,17-19H,8-9,11-12H2,(H,28,32). The van der Waals surface area contributed by atoms with E-state index < -0.39 is 17.6 Å². The highest BCUT2D eigenvalue weighted by Crippen LogP contribution is 2.42. The Morgan fingerprint density at radius 2 is 1.88 bits per heavy atom. The minimum Gasteiger partial charge on any atom is -0.351 e. The molecule has 0 saturated heterocycles. The second-order valence-corrected chi connectivity index (χ2v) is 8.95. The third-order valence-corrected chi connectivity index (χ3v) is 6.21. The van der Waals surface area contributed by atoms with Crippen LogP contribution in [-0.2, 0) is 17.5 Å². The summed E-state index contributed by atoms with van der Waals surface area (Å²) >= 11 is 5.96. The van der Waals surface area contributed by atoms with Gasteiger partial charge < -0.3 is 5.32 Å². The van der Waals surface area contributed by atoms with E-state index in [0.29, 0.717) is 22.8 Å². The van der Waals surface area contributed by atoms with E-state index >= 15 is 0 Å². The first-order chi connectivity index (χ1) is 15.7. The van der Waals surface area contributed by atoms with E-state index in [4.69, 9.17) is 11.6 Å². The van der Waals surface area contributed by atoms with Crippen molar-refractivity contribution in [1.29, 1.82) is 0 Å². The van der Waals surface area contributed by atoms with Crippen molar-refractivity contribution < 1.29 is 18.0 Å². The van der Waals surface area contributed by atoms with E-state index in [1.165, 1.54) is 6.07 Å². The molecule has 0 aliphatic heterocycles. The maximum absolute atomic E-state index is 13.0. The number of amides is 1. The number of carbonyl (C=O) groups is 1. The van der Waals surface area contributed by atoms with Crippen molar-refractivity contribution in [3.05, 3.63) is 75.2 Å². The van der Waals surface area contributed by atoms with E-state index in [-0.39, 0.29) is 30.2 Å². The molecule has 2 aliphatic carbocycles. The second kappa shape index (κ2) is 8.06. The Hall–Kier alpha value is -3.07. The van der Waals surface area contributed by atoms with Gasteiger partial charge in [-0.25, -0.2) is 9.48 Å². The van der Waals surface area contributed by atoms with Crippen molar-refractivity contribution in [1.82, 2.24) is 19.7 Å². The first kappa shape index (κ1) is 21.8. The molecule has 2 unspecified atom stereocenters. The number of aromatic nitrogens is 3. The molecule has 0 bridgehead atoms. The quantitative estimate of drug-likeness (QED) is 0.573. The summed E-state index contributed by atoms with van der Waals surface area (Å²) in [4.78, 5) is 25.5. The van der Waals surface area contributed by atoms with E-state index in [9.17, 15) is 22.8 Å². The first-order valence-corrected chi connectivity index (χ1v) is 11.0. The van der Waals surface area contributed by atoms with Crippen molar-refractivity contribution in [3.63, 3.8) is 0 Å². The topological polar surface area (TPSA) is 68.9 Å². The SMILES string of the molecule is O=C(Cn1nc(-c2ccc(Cl)cc2)n(C2CC2)c1=O)NC1CC1c1cccc(C(F)(F)F)c1. The summed E-state index contributed by atoms with van der Waals surface area (Å²) < 4.78 is 41.6. The van der Waals surface area contributed by atoms with Crippen molar-refractivity contribution in [2.45, 2.75) is 50.0 Å². The number of alkyl halides is 3. The monoisotopic (exact) mass is 476 g/mol. The number of hydrogen-bond donors (Lipinski definition) is 1. The van der Waals surface area contributed by atoms with Crippen LogP contribution in [0, 0.1) is 0 Å². The lowest BCUT2D eigenvalue weighted by Gasteiger charge is -2.09. The maximum Gasteiger partial charge on any atom is 0.416 e. The van der Waals surface area contributed by atoms with Gasteiger partial charge >= 0.3 is 11.9 Å². The van der Waals surface area contributed by atoms with Crippen LogP contribution in [0.1, 0.15) is 42.3 Å². The molecule has 3 aromatic rings. The Morgan fingerprint density at radius 1 is 1.15 bits per heavy atom. The number of halogens is 4. The molecule has 1 amide bonds. The predicted octanol–water partition coefficient (Wildman–Crippen LogP) is 4.39. The molecule has 2 aliphatic rings. The third kappa shape index (κ3) is 4.55. The van der Waals surface area contributed by atoms with Gasteiger partial charge in [-0.3, -0.25) is 9.36 Å². The molecule has 1 aromatic heterocycles. The van der Waals surface area contributed by atoms with Crippen LogP contribution in [0.4, 0.5) is 13.2 Å². The lowest BCUT2D eigenvalue weighted by molar-refractivity contribution is -0.137. The van der Waals surface area contributed by atoms with Gasteiger partial charge in [0.2, 0.25) is 5.91 Å². The zero-order valence-electron chi connectivity index (χ0n) is 17.3. The van der Waals surface area contributed by atoms with Crippen molar-refractivity contribution in [2.75, 3.05) is 0 Å². The minimum absolute atomic E-state index is 0.0636. The molecule has 5 rings (SSSR count). The Balaban J connectivity index is 1.29. The molecule has 10 heteroatoms. The Kier molecular flexibility index (Phi) is 5.31. The molecule has 0 radical (unpaired) electrons. The number of nitrogens with one attached hydrogen (secondary N) is 1. The summed E-state index contributed by atoms with van der Waals surface area (Å²) in [6.07, 6.45) is -2.11. The van der Waals surface area contributed by atoms with Gasteiger partial charge in [-0.1, -0.05) is 29.8 Å². The van der Waals surface area contributed by atoms with Crippen LogP contribution in [0.3, 0.4) is 0 Å². The molecular formula is C23H20ClF3N4O2. The van der Waals surface area contributed by atoms with Gasteiger partial charge in [0, 0.05) is 28.6 Å². The molecule has 1 N–H and O–H groups in total. The van der Waals surface area contributed by atoms with E-state index in [1.807, 2.05) is 0 Å². The third-order valence-electron chi connectivity index (χ3n) is 5.96. The average Bonchev–Trinajstić information content (AvgIpc) is 3.69. The zero-order valence-corrected chi connectivity index (χ0v) is 18.1. The van der Waals surface area contributed by atoms with Crippen LogP contribution in [-0.4, -0.2) is 26.3 Å². The van der Waals surface area contributed by atoms with Gasteiger partial charge in [-0.2, -0.15) is 13.2 Å². The van der Waals surface area contributed by atoms with Crippen molar-refractivity contribution >= 4 is 17.5 Å². The largest absolute Gasteiger partial charge is 0.416 e. The van der Waals surface area contributed by atoms with Gasteiger partial charge in [0.05, 0.1) is 5.56 Å². The van der Waals surface area contributed by atoms with Crippen molar-refractivity contribution in [2.24, 2.45) is 0 Å². The highest BCUT2D eigenvalue weighted by atomic mass is 35.5. The summed E-state index contributed by atoms with van der Waals surface area (Å²) in [5.41, 5.74) is 0.205. The Bertz CT molecular complexity index is 1260. The molecule has 2 aromatic carbocycles. The minimum atomic E-state index is -4.41. The highest BCUT2D eigenvalue weighted by Gasteiger charge is 2.41. The second-order valence-electron chi connectivity index (χ2n) is 8.51. The van der Waals surface area contributed by atoms with E-state index in [1.54, 1.807) is 34.9 Å². The summed E-state index contributed by atoms with van der Waals surface area (Å²) in [6, 6.07) is 11.9. The molecule has 6 nitrogen and oxygen atoms in total. The molecule has 172 valence electrons. The first-order valence-electron chi connectivity index (χ1n) is 10.6. The fourth-order valence-electron chi connectivity index (χ4n) is 4.04. The van der Waals surface area contributed by atoms with Gasteiger partial charge in [0.1, 0.15) is 6.54 Å². The lowest BCUT2D eigenvalue weighted by Crippen LogP contribution is -2.35. The fourth-order valence-corrected chi connectivity index (χ4v) is 4.16. The summed E-state index contributed by atoms with van der Waals surface area (Å²) in [7, 11) is 0. The molecule has 0 spiro atoms. The predicted molar refractivity (Wildman–Crippen MR) is 116 cm³/mol. The Labute approximate surface area is 192 Å². The van der Waals surface area contributed by atoms with Crippen LogP contribution in [0.15, 0.2) is 53.3 Å². The number of benzene rings is 2. The molecule has 33 heavy (non-hydrogen) atoms. The molecule has 1 heterocycles. The molecular weight excluding hydrogens is 457 g/mol. The van der Waals surface area contributed by atoms with E-state index in [2.05, 4.69) is 10.4 Å². The molecule has 2 fully saturated rings. The van der Waals surface area contributed by atoms with E-state index in [0.717, 1.165) is 35.2 Å². The van der Waals surface area contributed by atoms with Crippen LogP contribution in [0.5, 0.6) is 0 Å². The number of rotatable bonds is 6. The fraction of sp³-hybridized carbons (Fsp3) is 0.348. The highest BCUT2D eigenvalue weighted by molar-refractivity contribution is 6.30. The van der Waals surface area contributed by atoms with Crippen LogP contribution < -0.4 is 11.0 Å². The van der Waals surface area contributed by atoms with Crippen LogP contribution >= 0.6 is 11.6 Å². The smallest absolute Gasteiger partial charge is 0.351 e. The van der Waals surface area contributed by atoms with Crippen molar-refractivity contribution in [3.8, 4) is 11.4 Å². The van der Waals surface area contributed by atoms with Gasteiger partial charge in [0.15, 0.2) is 5.82 Å². The van der Waals surface area contributed by atoms with Gasteiger partial charge in [-0.05, 0) is 55.2 Å². The molecule has 2 atom stereocenters. The average molecular weight is 477 g/mol. The van der Waals surface area contributed by atoms with Gasteiger partial charge in [-0.15, -0.1) is 5.10 Å². The molecule has 2 saturated carbocycles. The normalized spacial score (nSPS) is 20.0. The summed E-state index contributed by atoms with van der Waals surface area (Å²) in [5.74, 6) is -0.0958. The number of hydrogen-bond acceptors (Lipinski definition) is 3. The number of carbonyl (C=O) groups excluding carboxylic acids is 1. The lowest BCUT2D eigenvalue weighted by atomic mass is 10.1. The van der Waals surface area contributed by atoms with Crippen LogP contribution in [0.25, 0.3) is 11.4 Å². The maximum atomic E-state index is 13.0. The summed E-state index contributed by atoms with van der Waals surface area (Å²) in [6.45, 7) is -0.259. The van der Waals surface area contributed by atoms with Crippen LogP contribution in [0.2, 0.25) is 5.02 Å². The summed E-state index contributed by atoms with van der Waals surface area (Å²) in [5, 5.41) is 7.77.